The SMILES string of the molecule is C=CCN1C(=O)N[C@H](c2cc(OC)ccc2OC)C2=C1CN(C(C)C)C2=O. The van der Waals surface area contributed by atoms with Gasteiger partial charge in [0.2, 0.25) is 0 Å². The predicted molar refractivity (Wildman–Crippen MR) is 102 cm³/mol. The van der Waals surface area contributed by atoms with Crippen molar-refractivity contribution in [2.24, 2.45) is 0 Å². The molecule has 2 heterocycles. The highest BCUT2D eigenvalue weighted by atomic mass is 16.5. The Hall–Kier alpha value is -2.96. The Bertz CT molecular complexity index is 815. The van der Waals surface area contributed by atoms with Crippen LogP contribution in [-0.2, 0) is 4.79 Å². The Labute approximate surface area is 159 Å². The zero-order valence-electron chi connectivity index (χ0n) is 16.1. The van der Waals surface area contributed by atoms with Crippen molar-refractivity contribution < 1.29 is 19.1 Å². The number of methoxy groups -OCH3 is 2. The minimum atomic E-state index is -0.602. The Morgan fingerprint density at radius 1 is 1.30 bits per heavy atom. The van der Waals surface area contributed by atoms with Crippen molar-refractivity contribution in [3.63, 3.8) is 0 Å². The van der Waals surface area contributed by atoms with E-state index < -0.39 is 6.04 Å². The van der Waals surface area contributed by atoms with Gasteiger partial charge in [-0.1, -0.05) is 6.08 Å². The van der Waals surface area contributed by atoms with Gasteiger partial charge in [0.15, 0.2) is 0 Å². The molecule has 27 heavy (non-hydrogen) atoms. The monoisotopic (exact) mass is 371 g/mol. The molecule has 0 saturated heterocycles. The summed E-state index contributed by atoms with van der Waals surface area (Å²) in [6.07, 6.45) is 1.65. The highest BCUT2D eigenvalue weighted by Gasteiger charge is 2.45. The largest absolute Gasteiger partial charge is 0.497 e. The number of benzene rings is 1. The van der Waals surface area contributed by atoms with Gasteiger partial charge < -0.3 is 19.7 Å². The molecule has 1 N–H and O–H groups in total. The molecule has 0 fully saturated rings. The van der Waals surface area contributed by atoms with Crippen LogP contribution in [0.2, 0.25) is 0 Å². The van der Waals surface area contributed by atoms with Crippen molar-refractivity contribution in [3.05, 3.63) is 47.7 Å². The molecule has 0 saturated carbocycles. The summed E-state index contributed by atoms with van der Waals surface area (Å²) in [4.78, 5) is 29.3. The lowest BCUT2D eigenvalue weighted by molar-refractivity contribution is -0.127. The van der Waals surface area contributed by atoms with Crippen LogP contribution >= 0.6 is 0 Å². The zero-order valence-corrected chi connectivity index (χ0v) is 16.1. The molecule has 0 spiro atoms. The average molecular weight is 371 g/mol. The minimum Gasteiger partial charge on any atom is -0.497 e. The molecule has 7 nitrogen and oxygen atoms in total. The molecule has 2 aliphatic heterocycles. The maximum absolute atomic E-state index is 13.2. The second kappa shape index (κ2) is 7.34. The van der Waals surface area contributed by atoms with Crippen LogP contribution in [0, 0.1) is 0 Å². The van der Waals surface area contributed by atoms with Crippen LogP contribution in [0.5, 0.6) is 11.5 Å². The standard InChI is InChI=1S/C20H25N3O4/c1-6-9-22-15-11-23(12(2)3)19(24)17(15)18(21-20(22)25)14-10-13(26-4)7-8-16(14)27-5/h6-8,10,12,18H,1,9,11H2,2-5H3,(H,21,25)/t18-/m1/s1. The molecule has 0 radical (unpaired) electrons. The van der Waals surface area contributed by atoms with Crippen molar-refractivity contribution >= 4 is 11.9 Å². The molecule has 1 atom stereocenters. The third kappa shape index (κ3) is 3.13. The summed E-state index contributed by atoms with van der Waals surface area (Å²) in [6.45, 7) is 8.39. The smallest absolute Gasteiger partial charge is 0.322 e. The number of rotatable bonds is 6. The van der Waals surface area contributed by atoms with Gasteiger partial charge in [0.1, 0.15) is 11.5 Å². The Morgan fingerprint density at radius 2 is 2.04 bits per heavy atom. The molecule has 0 unspecified atom stereocenters. The van der Waals surface area contributed by atoms with Gasteiger partial charge >= 0.3 is 6.03 Å². The van der Waals surface area contributed by atoms with E-state index in [1.54, 1.807) is 48.3 Å². The summed E-state index contributed by atoms with van der Waals surface area (Å²) < 4.78 is 10.8. The lowest BCUT2D eigenvalue weighted by atomic mass is 9.94. The third-order valence-corrected chi connectivity index (χ3v) is 4.93. The second-order valence-electron chi connectivity index (χ2n) is 6.78. The van der Waals surface area contributed by atoms with Gasteiger partial charge in [-0.2, -0.15) is 0 Å². The number of nitrogens with one attached hydrogen (secondary N) is 1. The van der Waals surface area contributed by atoms with Crippen LogP contribution in [0.1, 0.15) is 25.5 Å². The Kier molecular flexibility index (Phi) is 5.12. The van der Waals surface area contributed by atoms with Crippen LogP contribution in [0.15, 0.2) is 42.1 Å². The first-order chi connectivity index (χ1) is 12.9. The number of hydrogen-bond acceptors (Lipinski definition) is 4. The van der Waals surface area contributed by atoms with Crippen molar-refractivity contribution in [2.75, 3.05) is 27.3 Å². The Balaban J connectivity index is 2.15. The van der Waals surface area contributed by atoms with Gasteiger partial charge in [-0.15, -0.1) is 6.58 Å². The van der Waals surface area contributed by atoms with Crippen LogP contribution < -0.4 is 14.8 Å². The topological polar surface area (TPSA) is 71.1 Å². The molecule has 0 aromatic heterocycles. The molecule has 2 aliphatic rings. The first kappa shape index (κ1) is 18.8. The van der Waals surface area contributed by atoms with E-state index in [9.17, 15) is 9.59 Å². The van der Waals surface area contributed by atoms with Crippen LogP contribution in [0.3, 0.4) is 0 Å². The van der Waals surface area contributed by atoms with Gasteiger partial charge in [-0.25, -0.2) is 4.79 Å². The van der Waals surface area contributed by atoms with Crippen molar-refractivity contribution in [3.8, 4) is 11.5 Å². The van der Waals surface area contributed by atoms with E-state index >= 15 is 0 Å². The van der Waals surface area contributed by atoms with E-state index in [1.807, 2.05) is 13.8 Å². The lowest BCUT2D eigenvalue weighted by Gasteiger charge is -2.33. The number of ether oxygens (including phenoxy) is 2. The molecule has 1 aromatic rings. The number of amides is 3. The molecule has 144 valence electrons. The first-order valence-corrected chi connectivity index (χ1v) is 8.87. The minimum absolute atomic E-state index is 0.0247. The van der Waals surface area contributed by atoms with Gasteiger partial charge in [-0.3, -0.25) is 9.69 Å². The van der Waals surface area contributed by atoms with E-state index in [-0.39, 0.29) is 18.0 Å². The molecule has 3 rings (SSSR count). The number of carbonyl (C=O) groups is 2. The molecule has 1 aromatic carbocycles. The fraction of sp³-hybridized carbons (Fsp3) is 0.400. The van der Waals surface area contributed by atoms with Crippen molar-refractivity contribution in [1.29, 1.82) is 0 Å². The summed E-state index contributed by atoms with van der Waals surface area (Å²) in [7, 11) is 3.13. The Morgan fingerprint density at radius 3 is 2.63 bits per heavy atom. The summed E-state index contributed by atoms with van der Waals surface area (Å²) in [6, 6.07) is 4.51. The van der Waals surface area contributed by atoms with E-state index in [4.69, 9.17) is 9.47 Å². The van der Waals surface area contributed by atoms with Crippen molar-refractivity contribution in [1.82, 2.24) is 15.1 Å². The van der Waals surface area contributed by atoms with Crippen LogP contribution in [0.4, 0.5) is 4.79 Å². The summed E-state index contributed by atoms with van der Waals surface area (Å²) in [5.74, 6) is 1.13. The molecule has 3 amide bonds. The third-order valence-electron chi connectivity index (χ3n) is 4.93. The van der Waals surface area contributed by atoms with E-state index in [2.05, 4.69) is 11.9 Å². The summed E-state index contributed by atoms with van der Waals surface area (Å²) in [5.41, 5.74) is 1.97. The van der Waals surface area contributed by atoms with E-state index in [0.717, 1.165) is 0 Å². The number of carbonyl (C=O) groups excluding carboxylic acids is 2. The maximum Gasteiger partial charge on any atom is 0.322 e. The van der Waals surface area contributed by atoms with E-state index in [0.29, 0.717) is 41.4 Å². The molecule has 0 bridgehead atoms. The second-order valence-corrected chi connectivity index (χ2v) is 6.78. The lowest BCUT2D eigenvalue weighted by Crippen LogP contribution is -2.47. The normalized spacial score (nSPS) is 19.4. The first-order valence-electron chi connectivity index (χ1n) is 8.87. The van der Waals surface area contributed by atoms with Gasteiger partial charge in [0.05, 0.1) is 38.1 Å². The zero-order chi connectivity index (χ0) is 19.7. The fourth-order valence-electron chi connectivity index (χ4n) is 3.55. The van der Waals surface area contributed by atoms with Crippen molar-refractivity contribution in [2.45, 2.75) is 25.9 Å². The predicted octanol–water partition coefficient (Wildman–Crippen LogP) is 2.46. The highest BCUT2D eigenvalue weighted by molar-refractivity contribution is 6.01. The number of nitrogens with zero attached hydrogens (tertiary/aromatic N) is 2. The van der Waals surface area contributed by atoms with Gasteiger partial charge in [0, 0.05) is 18.2 Å². The molecule has 7 heteroatoms. The molecular formula is C20H25N3O4. The highest BCUT2D eigenvalue weighted by Crippen LogP contribution is 2.41. The number of hydrogen-bond donors (Lipinski definition) is 1. The summed E-state index contributed by atoms with van der Waals surface area (Å²) >= 11 is 0. The fourth-order valence-corrected chi connectivity index (χ4v) is 3.55. The average Bonchev–Trinajstić information content (AvgIpc) is 3.01. The van der Waals surface area contributed by atoms with E-state index in [1.165, 1.54) is 0 Å². The molecule has 0 aliphatic carbocycles. The molecular weight excluding hydrogens is 346 g/mol. The number of urea groups is 1. The quantitative estimate of drug-likeness (QED) is 0.780. The summed E-state index contributed by atoms with van der Waals surface area (Å²) in [5, 5.41) is 2.95. The van der Waals surface area contributed by atoms with Crippen LogP contribution in [0.25, 0.3) is 0 Å². The van der Waals surface area contributed by atoms with Gasteiger partial charge in [0.25, 0.3) is 5.91 Å². The maximum atomic E-state index is 13.2. The van der Waals surface area contributed by atoms with Gasteiger partial charge in [-0.05, 0) is 32.0 Å². The van der Waals surface area contributed by atoms with Crippen LogP contribution in [-0.4, -0.2) is 55.1 Å².